The second-order valence-corrected chi connectivity index (χ2v) is 6.79. The number of likely N-dealkylation sites (tertiary alicyclic amines) is 1. The number of nitrogens with zero attached hydrogens (tertiary/aromatic N) is 1. The Labute approximate surface area is 151 Å². The van der Waals surface area contributed by atoms with E-state index >= 15 is 0 Å². The number of nitrogens with two attached hydrogens (primary N) is 1. The predicted molar refractivity (Wildman–Crippen MR) is 94.5 cm³/mol. The van der Waals surface area contributed by atoms with Crippen LogP contribution < -0.4 is 11.1 Å². The topological polar surface area (TPSA) is 67.6 Å². The van der Waals surface area contributed by atoms with Crippen molar-refractivity contribution in [3.8, 4) is 0 Å². The smallest absolute Gasteiger partial charge is 0.238 e. The van der Waals surface area contributed by atoms with E-state index in [0.29, 0.717) is 27.3 Å². The van der Waals surface area contributed by atoms with Gasteiger partial charge in [0.15, 0.2) is 0 Å². The van der Waals surface area contributed by atoms with E-state index in [2.05, 4.69) is 10.2 Å². The van der Waals surface area contributed by atoms with Gasteiger partial charge in [-0.05, 0) is 25.0 Å². The molecule has 0 radical (unpaired) electrons. The Morgan fingerprint density at radius 1 is 1.39 bits per heavy atom. The van der Waals surface area contributed by atoms with Gasteiger partial charge in [0.25, 0.3) is 0 Å². The van der Waals surface area contributed by atoms with Crippen molar-refractivity contribution in [2.75, 3.05) is 32.1 Å². The molecular weight excluding hydrogens is 361 g/mol. The molecule has 1 amide bonds. The number of anilines is 1. The minimum atomic E-state index is -0.189. The van der Waals surface area contributed by atoms with Gasteiger partial charge in [0, 0.05) is 31.3 Å². The first-order chi connectivity index (χ1) is 10.9. The van der Waals surface area contributed by atoms with Gasteiger partial charge in [0.1, 0.15) is 0 Å². The van der Waals surface area contributed by atoms with E-state index in [0.717, 1.165) is 19.4 Å². The molecular formula is C15H20Cl3N3O2. The number of carbonyl (C=O) groups excluding carboxylic acids is 1. The van der Waals surface area contributed by atoms with Gasteiger partial charge in [-0.15, -0.1) is 0 Å². The lowest BCUT2D eigenvalue weighted by atomic mass is 9.99. The van der Waals surface area contributed by atoms with Crippen molar-refractivity contribution in [3.63, 3.8) is 0 Å². The fraction of sp³-hybridized carbons (Fsp3) is 0.533. The summed E-state index contributed by atoms with van der Waals surface area (Å²) in [5.41, 5.74) is 6.19. The number of amides is 1. The fourth-order valence-electron chi connectivity index (χ4n) is 2.76. The van der Waals surface area contributed by atoms with E-state index in [1.165, 1.54) is 12.1 Å². The van der Waals surface area contributed by atoms with E-state index in [1.807, 2.05) is 0 Å². The molecule has 1 aliphatic rings. The second-order valence-electron chi connectivity index (χ2n) is 5.53. The highest BCUT2D eigenvalue weighted by Crippen LogP contribution is 2.33. The maximum Gasteiger partial charge on any atom is 0.238 e. The molecule has 5 nitrogen and oxygen atoms in total. The lowest BCUT2D eigenvalue weighted by molar-refractivity contribution is -0.118. The molecule has 8 heteroatoms. The highest BCUT2D eigenvalue weighted by Gasteiger charge is 2.29. The fourth-order valence-corrected chi connectivity index (χ4v) is 3.67. The van der Waals surface area contributed by atoms with Crippen molar-refractivity contribution in [1.82, 2.24) is 4.90 Å². The maximum atomic E-state index is 12.3. The van der Waals surface area contributed by atoms with E-state index in [9.17, 15) is 4.79 Å². The summed E-state index contributed by atoms with van der Waals surface area (Å²) in [6, 6.07) is 3.20. The van der Waals surface area contributed by atoms with Crippen LogP contribution in [0.1, 0.15) is 12.8 Å². The molecule has 0 saturated carbocycles. The Morgan fingerprint density at radius 3 is 2.61 bits per heavy atom. The number of nitrogens with one attached hydrogen (secondary N) is 1. The van der Waals surface area contributed by atoms with Crippen LogP contribution in [0.2, 0.25) is 15.1 Å². The summed E-state index contributed by atoms with van der Waals surface area (Å²) >= 11 is 18.0. The van der Waals surface area contributed by atoms with Gasteiger partial charge in [0.2, 0.25) is 5.91 Å². The second kappa shape index (κ2) is 8.51. The highest BCUT2D eigenvalue weighted by molar-refractivity contribution is 6.42. The van der Waals surface area contributed by atoms with Crippen LogP contribution in [-0.2, 0) is 9.53 Å². The first kappa shape index (κ1) is 18.8. The average molecular weight is 381 g/mol. The monoisotopic (exact) mass is 379 g/mol. The van der Waals surface area contributed by atoms with E-state index in [4.69, 9.17) is 45.3 Å². The number of piperidine rings is 1. The van der Waals surface area contributed by atoms with Gasteiger partial charge in [-0.25, -0.2) is 0 Å². The number of methoxy groups -OCH3 is 1. The zero-order valence-corrected chi connectivity index (χ0v) is 15.1. The quantitative estimate of drug-likeness (QED) is 0.824. The van der Waals surface area contributed by atoms with Crippen LogP contribution in [0.15, 0.2) is 12.1 Å². The molecule has 0 aromatic heterocycles. The van der Waals surface area contributed by atoms with Crippen LogP contribution in [0.4, 0.5) is 5.69 Å². The molecule has 1 fully saturated rings. The summed E-state index contributed by atoms with van der Waals surface area (Å²) in [7, 11) is 1.70. The molecule has 1 aromatic rings. The van der Waals surface area contributed by atoms with Crippen LogP contribution in [0.3, 0.4) is 0 Å². The minimum Gasteiger partial charge on any atom is -0.381 e. The van der Waals surface area contributed by atoms with E-state index < -0.39 is 0 Å². The molecule has 3 N–H and O–H groups in total. The van der Waals surface area contributed by atoms with Crippen molar-refractivity contribution in [1.29, 1.82) is 0 Å². The lowest BCUT2D eigenvalue weighted by Crippen LogP contribution is -2.51. The SMILES string of the molecule is COC1CCN(CC(=O)Nc2c(Cl)cc(Cl)cc2Cl)C(CN)C1. The van der Waals surface area contributed by atoms with Gasteiger partial charge in [-0.1, -0.05) is 34.8 Å². The third-order valence-corrected chi connectivity index (χ3v) is 4.83. The Morgan fingerprint density at radius 2 is 2.04 bits per heavy atom. The third-order valence-electron chi connectivity index (χ3n) is 4.01. The van der Waals surface area contributed by atoms with Gasteiger partial charge < -0.3 is 15.8 Å². The molecule has 23 heavy (non-hydrogen) atoms. The van der Waals surface area contributed by atoms with Gasteiger partial charge in [0.05, 0.1) is 28.4 Å². The first-order valence-electron chi connectivity index (χ1n) is 7.36. The zero-order chi connectivity index (χ0) is 17.0. The van der Waals surface area contributed by atoms with Gasteiger partial charge >= 0.3 is 0 Å². The van der Waals surface area contributed by atoms with Crippen LogP contribution in [0.5, 0.6) is 0 Å². The molecule has 128 valence electrons. The number of ether oxygens (including phenoxy) is 1. The number of hydrogen-bond acceptors (Lipinski definition) is 4. The molecule has 1 aliphatic heterocycles. The minimum absolute atomic E-state index is 0.121. The Hall–Kier alpha value is -0.560. The maximum absolute atomic E-state index is 12.3. The zero-order valence-electron chi connectivity index (χ0n) is 12.8. The lowest BCUT2D eigenvalue weighted by Gasteiger charge is -2.37. The number of benzene rings is 1. The Bertz CT molecular complexity index is 548. The largest absolute Gasteiger partial charge is 0.381 e. The van der Waals surface area contributed by atoms with Crippen LogP contribution in [-0.4, -0.2) is 49.7 Å². The molecule has 1 saturated heterocycles. The van der Waals surface area contributed by atoms with Crippen molar-refractivity contribution in [2.45, 2.75) is 25.0 Å². The molecule has 2 atom stereocenters. The number of carbonyl (C=O) groups is 1. The molecule has 0 bridgehead atoms. The standard InChI is InChI=1S/C15H20Cl3N3O2/c1-23-11-2-3-21(10(6-11)7-19)8-14(22)20-15-12(17)4-9(16)5-13(15)18/h4-5,10-11H,2-3,6-8,19H2,1H3,(H,20,22). The van der Waals surface area contributed by atoms with Crippen molar-refractivity contribution < 1.29 is 9.53 Å². The normalized spacial score (nSPS) is 22.1. The number of rotatable bonds is 5. The van der Waals surface area contributed by atoms with Crippen molar-refractivity contribution >= 4 is 46.4 Å². The van der Waals surface area contributed by atoms with E-state index in [-0.39, 0.29) is 24.6 Å². The molecule has 2 rings (SSSR count). The van der Waals surface area contributed by atoms with Crippen LogP contribution in [0.25, 0.3) is 0 Å². The third kappa shape index (κ3) is 4.95. The Balaban J connectivity index is 1.99. The van der Waals surface area contributed by atoms with Crippen molar-refractivity contribution in [2.24, 2.45) is 5.73 Å². The highest BCUT2D eigenvalue weighted by atomic mass is 35.5. The summed E-state index contributed by atoms with van der Waals surface area (Å²) in [5.74, 6) is -0.189. The summed E-state index contributed by atoms with van der Waals surface area (Å²) in [6.45, 7) is 1.47. The van der Waals surface area contributed by atoms with Crippen molar-refractivity contribution in [3.05, 3.63) is 27.2 Å². The van der Waals surface area contributed by atoms with Crippen LogP contribution >= 0.6 is 34.8 Å². The van der Waals surface area contributed by atoms with Gasteiger partial charge in [-0.2, -0.15) is 0 Å². The van der Waals surface area contributed by atoms with E-state index in [1.54, 1.807) is 7.11 Å². The van der Waals surface area contributed by atoms with Crippen LogP contribution in [0, 0.1) is 0 Å². The summed E-state index contributed by atoms with van der Waals surface area (Å²) < 4.78 is 5.38. The summed E-state index contributed by atoms with van der Waals surface area (Å²) in [6.07, 6.45) is 1.90. The predicted octanol–water partition coefficient (Wildman–Crippen LogP) is 3.02. The molecule has 1 aromatic carbocycles. The molecule has 2 unspecified atom stereocenters. The average Bonchev–Trinajstić information content (AvgIpc) is 2.51. The molecule has 1 heterocycles. The summed E-state index contributed by atoms with van der Waals surface area (Å²) in [5, 5.41) is 3.79. The first-order valence-corrected chi connectivity index (χ1v) is 8.49. The van der Waals surface area contributed by atoms with Gasteiger partial charge in [-0.3, -0.25) is 9.69 Å². The molecule has 0 aliphatic carbocycles. The summed E-state index contributed by atoms with van der Waals surface area (Å²) in [4.78, 5) is 14.4. The number of halogens is 3. The molecule has 0 spiro atoms. The Kier molecular flexibility index (Phi) is 6.95. The number of hydrogen-bond donors (Lipinski definition) is 2.